The maximum atomic E-state index is 11.4. The van der Waals surface area contributed by atoms with E-state index in [4.69, 9.17) is 5.84 Å². The average molecular weight is 1550 g/mol. The summed E-state index contributed by atoms with van der Waals surface area (Å²) >= 11 is 3.00. The minimum atomic E-state index is -0.621. The Balaban J connectivity index is 0.000000337. The van der Waals surface area contributed by atoms with E-state index in [2.05, 4.69) is 161 Å². The van der Waals surface area contributed by atoms with Crippen LogP contribution in [0.15, 0.2) is 169 Å². The van der Waals surface area contributed by atoms with Crippen LogP contribution in [0, 0.1) is 40.5 Å². The third-order valence-corrected chi connectivity index (χ3v) is 16.7. The molecule has 7 aromatic rings. The van der Waals surface area contributed by atoms with Crippen LogP contribution in [0.5, 0.6) is 11.5 Å². The van der Waals surface area contributed by atoms with Crippen molar-refractivity contribution in [2.24, 2.45) is 36.5 Å². The number of phenolic OH excluding ortho intramolecular Hbond substituents is 2. The van der Waals surface area contributed by atoms with Crippen molar-refractivity contribution in [1.29, 1.82) is 0 Å². The van der Waals surface area contributed by atoms with Crippen LogP contribution in [0.2, 0.25) is 0 Å². The Morgan fingerprint density at radius 3 is 1.52 bits per heavy atom. The van der Waals surface area contributed by atoms with Crippen LogP contribution >= 0.6 is 45.3 Å². The fraction of sp³-hybridized carbons (Fsp3) is 0.210. The molecule has 5 heterocycles. The van der Waals surface area contributed by atoms with Gasteiger partial charge in [-0.15, -0.1) is 10.2 Å². The van der Waals surface area contributed by atoms with Gasteiger partial charge in [0, 0.05) is 93.5 Å². The van der Waals surface area contributed by atoms with Gasteiger partial charge in [-0.1, -0.05) is 53.0 Å². The number of hydrogen-bond acceptors (Lipinski definition) is 33. The first-order chi connectivity index (χ1) is 48.1. The molecular formula is C62H63CoN18O19S4-. The van der Waals surface area contributed by atoms with Crippen molar-refractivity contribution in [2.75, 3.05) is 30.5 Å². The number of aromatic nitrogens is 4. The molecule has 2 aliphatic carbocycles. The summed E-state index contributed by atoms with van der Waals surface area (Å²) in [6, 6.07) is 19.7. The largest absolute Gasteiger partial charge is 0.507 e. The zero-order valence-corrected chi connectivity index (χ0v) is 60.5. The van der Waals surface area contributed by atoms with Gasteiger partial charge in [0.1, 0.15) is 65.4 Å². The standard InChI is InChI=1S/C23H29N2.3C11H8N4O5S.C3H4N4O2S.C3H6O.Co.H2O/c1-6-25(7-2)19-15-12-18(13-16-19)14-17-22-23(3,4)20-10-8-9-11-21(20)24(22)5;3*1-5(16)6-2-7(9(18)3-8(6)17)13-14-11-12-4-10(21-11)15(19)20;4-6-3-5-1-2(10-3)7(8)9;1-3(2)4;;/h8-17H,6-7H2,1-5H3;2*2-4H,1H3,(H2,12,14,16,17,18);2-4,17-18H,1H3;1H,4H2,(H,5,6);1-2H3;;1H2/q+1;;;;;;;/p-2. The number of hydrogen-bond donors (Lipinski definition) is 6. The number of aliphatic hydroxyl groups is 2. The molecule has 1 aliphatic heterocycles. The molecule has 0 amide bonds. The first-order valence-corrected chi connectivity index (χ1v) is 32.4. The van der Waals surface area contributed by atoms with E-state index in [1.54, 1.807) is 0 Å². The first-order valence-electron chi connectivity index (χ1n) is 29.1. The van der Waals surface area contributed by atoms with Crippen LogP contribution in [-0.2, 0) is 46.2 Å². The summed E-state index contributed by atoms with van der Waals surface area (Å²) in [6.07, 6.45) is 12.7. The number of allylic oxidation sites excluding steroid dienone is 7. The van der Waals surface area contributed by atoms with Gasteiger partial charge in [0.15, 0.2) is 34.6 Å². The number of nitrogens with zero attached hydrogens (tertiary/aromatic N) is 16. The van der Waals surface area contributed by atoms with Gasteiger partial charge in [-0.05, 0) is 127 Å². The predicted molar refractivity (Wildman–Crippen MR) is 382 cm³/mol. The Morgan fingerprint density at radius 2 is 1.12 bits per heavy atom. The summed E-state index contributed by atoms with van der Waals surface area (Å²) in [4.78, 5) is 122. The molecule has 0 unspecified atom stereocenters. The van der Waals surface area contributed by atoms with E-state index >= 15 is 0 Å². The van der Waals surface area contributed by atoms with Crippen LogP contribution in [0.1, 0.15) is 83.8 Å². The quantitative estimate of drug-likeness (QED) is 0.00722. The number of hydrazine groups is 1. The van der Waals surface area contributed by atoms with E-state index in [1.165, 1.54) is 68.9 Å². The van der Waals surface area contributed by atoms with Crippen molar-refractivity contribution in [2.45, 2.75) is 67.7 Å². The zero-order valence-electron chi connectivity index (χ0n) is 56.2. The van der Waals surface area contributed by atoms with E-state index in [9.17, 15) is 89.7 Å². The monoisotopic (exact) mass is 1550 g/mol. The first kappa shape index (κ1) is 86.2. The maximum Gasteiger partial charge on any atom is 0.345 e. The topological polar surface area (TPSA) is 560 Å². The predicted octanol–water partition coefficient (Wildman–Crippen LogP) is 9.26. The molecule has 10 rings (SSSR count). The number of rotatable bonds is 17. The second-order valence-corrected chi connectivity index (χ2v) is 25.0. The number of para-hydroxylation sites is 1. The minimum absolute atomic E-state index is 0. The molecule has 4 aromatic heterocycles. The summed E-state index contributed by atoms with van der Waals surface area (Å²) < 4.78 is 2.32. The Bertz CT molecular complexity index is 4730. The fourth-order valence-electron chi connectivity index (χ4n) is 8.48. The summed E-state index contributed by atoms with van der Waals surface area (Å²) in [6.45, 7) is 17.8. The molecular weight excluding hydrogens is 1490 g/mol. The maximum absolute atomic E-state index is 11.4. The Hall–Kier alpha value is -12.1. The second kappa shape index (κ2) is 39.8. The molecule has 42 heteroatoms. The number of ketones is 6. The summed E-state index contributed by atoms with van der Waals surface area (Å²) in [5.74, 6) is 0.869. The molecule has 0 atom stereocenters. The van der Waals surface area contributed by atoms with Gasteiger partial charge in [-0.25, -0.2) is 15.8 Å². The van der Waals surface area contributed by atoms with Gasteiger partial charge in [-0.3, -0.25) is 80.1 Å². The number of nitrogens with two attached hydrogens (primary N) is 1. The van der Waals surface area contributed by atoms with Crippen LogP contribution in [-0.4, -0.2) is 132 Å². The number of anilines is 2. The Morgan fingerprint density at radius 1 is 0.644 bits per heavy atom. The zero-order chi connectivity index (χ0) is 75.9. The third kappa shape index (κ3) is 24.3. The van der Waals surface area contributed by atoms with Crippen molar-refractivity contribution in [3.63, 3.8) is 0 Å². The van der Waals surface area contributed by atoms with E-state index < -0.39 is 60.1 Å². The molecule has 3 aliphatic rings. The number of nitro groups is 4. The molecule has 104 heavy (non-hydrogen) atoms. The van der Waals surface area contributed by atoms with Crippen LogP contribution < -0.4 is 35.7 Å². The molecule has 549 valence electrons. The number of azo groups is 1. The number of benzene rings is 3. The van der Waals surface area contributed by atoms with E-state index in [1.807, 2.05) is 0 Å². The number of Topliss-reactive ketones (excluding diaryl/α,β-unsaturated/α-hetero) is 4. The SMILES string of the molecule is CC(=O)C1=CC(=NN=c2[n-]cc([N+](=O)[O-])s2)C(O)=CC1=O.CC(=O)C1=CC(=NN=c2[n-]cc([N+](=O)[O-])s2)C(O)=CC1=O.CC(=O)c1cc(N=Nc2ncc([N+](=O)[O-])s2)c(O)cc1O.CC(C)=O.CCN(CC)c1ccc(/C=C/C2=[N+](C)c3ccccc3C2(C)C)cc1.NNc1ncc([N+](=O)[O-])s1.O.[Co]. The van der Waals surface area contributed by atoms with E-state index in [-0.39, 0.29) is 114 Å². The molecule has 1 radical (unpaired) electrons. The van der Waals surface area contributed by atoms with Crippen molar-refractivity contribution in [1.82, 2.24) is 19.9 Å². The normalized spacial score (nSPS) is 14.3. The van der Waals surface area contributed by atoms with Gasteiger partial charge in [0.25, 0.3) is 0 Å². The number of phenols is 2. The number of aromatic hydroxyl groups is 2. The molecule has 0 spiro atoms. The van der Waals surface area contributed by atoms with Crippen molar-refractivity contribution in [3.8, 4) is 11.5 Å². The Labute approximate surface area is 614 Å². The third-order valence-electron chi connectivity index (χ3n) is 13.3. The van der Waals surface area contributed by atoms with Gasteiger partial charge in [-0.2, -0.15) is 4.58 Å². The van der Waals surface area contributed by atoms with Crippen molar-refractivity contribution < 1.29 is 95.7 Å². The van der Waals surface area contributed by atoms with E-state index in [0.29, 0.717) is 39.1 Å². The van der Waals surface area contributed by atoms with E-state index in [0.717, 1.165) is 79.6 Å². The fourth-order valence-corrected chi connectivity index (χ4v) is 10.7. The summed E-state index contributed by atoms with van der Waals surface area (Å²) in [5, 5.41) is 101. The van der Waals surface area contributed by atoms with Gasteiger partial charge in [0.2, 0.25) is 16.0 Å². The Kier molecular flexibility index (Phi) is 33.0. The van der Waals surface area contributed by atoms with Crippen molar-refractivity contribution in [3.05, 3.63) is 205 Å². The average Bonchev–Trinajstić information content (AvgIpc) is 1.60. The summed E-state index contributed by atoms with van der Waals surface area (Å²) in [7, 11) is 2.16. The van der Waals surface area contributed by atoms with Crippen LogP contribution in [0.4, 0.5) is 47.3 Å². The van der Waals surface area contributed by atoms with Gasteiger partial charge >= 0.3 is 20.0 Å². The minimum Gasteiger partial charge on any atom is -0.507 e. The van der Waals surface area contributed by atoms with Crippen molar-refractivity contribution >= 4 is 151 Å². The van der Waals surface area contributed by atoms with Crippen LogP contribution in [0.25, 0.3) is 6.08 Å². The molecule has 0 fully saturated rings. The number of carbonyl (C=O) groups excluding carboxylic acids is 6. The number of thiazole rings is 4. The molecule has 0 saturated carbocycles. The molecule has 3 aromatic carbocycles. The van der Waals surface area contributed by atoms with Gasteiger partial charge in [0.05, 0.1) is 41.8 Å². The number of nitrogens with one attached hydrogen (secondary N) is 1. The molecule has 37 nitrogen and oxygen atoms in total. The van der Waals surface area contributed by atoms with Gasteiger partial charge < -0.3 is 55.8 Å². The summed E-state index contributed by atoms with van der Waals surface area (Å²) in [5.41, 5.74) is 8.26. The number of nitrogen functional groups attached to an aromatic ring is 1. The second-order valence-electron chi connectivity index (χ2n) is 21.0. The van der Waals surface area contributed by atoms with Crippen LogP contribution in [0.3, 0.4) is 0 Å². The smallest absolute Gasteiger partial charge is 0.345 e. The molecule has 0 bridgehead atoms. The number of fused-ring (bicyclic) bond motifs is 1. The number of aliphatic hydroxyl groups excluding tert-OH is 2. The number of carbonyl (C=O) groups is 6. The molecule has 0 saturated heterocycles. The molecule has 9 N–H and O–H groups in total.